The Hall–Kier alpha value is -0.770. The van der Waals surface area contributed by atoms with Crippen molar-refractivity contribution in [1.82, 2.24) is 4.72 Å². The highest BCUT2D eigenvalue weighted by atomic mass is 32.2. The van der Waals surface area contributed by atoms with Crippen molar-refractivity contribution in [3.8, 4) is 0 Å². The standard InChI is InChI=1S/C4H7N3S/c5-3-1-2-8-7-4(3)6/h1-2,7H,5-6H2. The van der Waals surface area contributed by atoms with Gasteiger partial charge in [-0.25, -0.2) is 0 Å². The summed E-state index contributed by atoms with van der Waals surface area (Å²) in [7, 11) is 0. The Morgan fingerprint density at radius 2 is 2.25 bits per heavy atom. The van der Waals surface area contributed by atoms with Crippen molar-refractivity contribution in [2.45, 2.75) is 0 Å². The zero-order valence-corrected chi connectivity index (χ0v) is 5.03. The fraction of sp³-hybridized carbons (Fsp3) is 0. The Balaban J connectivity index is 2.76. The summed E-state index contributed by atoms with van der Waals surface area (Å²) in [6, 6.07) is 0. The summed E-state index contributed by atoms with van der Waals surface area (Å²) in [5.41, 5.74) is 11.3. The maximum atomic E-state index is 5.37. The highest BCUT2D eigenvalue weighted by Gasteiger charge is 1.97. The highest BCUT2D eigenvalue weighted by Crippen LogP contribution is 2.06. The first-order chi connectivity index (χ1) is 3.80. The van der Waals surface area contributed by atoms with Gasteiger partial charge in [0.25, 0.3) is 0 Å². The number of nitrogens with one attached hydrogen (secondary N) is 1. The maximum absolute atomic E-state index is 5.37. The molecule has 0 saturated heterocycles. The first-order valence-electron chi connectivity index (χ1n) is 2.14. The predicted octanol–water partition coefficient (Wildman–Crippen LogP) is -0.162. The van der Waals surface area contributed by atoms with E-state index in [2.05, 4.69) is 4.72 Å². The van der Waals surface area contributed by atoms with E-state index in [-0.39, 0.29) is 0 Å². The van der Waals surface area contributed by atoms with Gasteiger partial charge >= 0.3 is 0 Å². The lowest BCUT2D eigenvalue weighted by Gasteiger charge is -2.07. The lowest BCUT2D eigenvalue weighted by atomic mass is 10.4. The molecule has 8 heavy (non-hydrogen) atoms. The Kier molecular flexibility index (Phi) is 1.34. The van der Waals surface area contributed by atoms with Gasteiger partial charge < -0.3 is 16.2 Å². The van der Waals surface area contributed by atoms with Crippen LogP contribution >= 0.6 is 11.9 Å². The molecule has 3 nitrogen and oxygen atoms in total. The van der Waals surface area contributed by atoms with Gasteiger partial charge in [0.05, 0.1) is 5.70 Å². The van der Waals surface area contributed by atoms with Crippen LogP contribution in [0.25, 0.3) is 0 Å². The topological polar surface area (TPSA) is 64.1 Å². The number of rotatable bonds is 0. The smallest absolute Gasteiger partial charge is 0.130 e. The summed E-state index contributed by atoms with van der Waals surface area (Å²) >= 11 is 1.41. The van der Waals surface area contributed by atoms with Crippen molar-refractivity contribution >= 4 is 11.9 Å². The Labute approximate surface area is 51.9 Å². The van der Waals surface area contributed by atoms with Crippen LogP contribution in [0.3, 0.4) is 0 Å². The molecule has 1 heterocycles. The van der Waals surface area contributed by atoms with Crippen LogP contribution in [0.4, 0.5) is 0 Å². The molecular formula is C4H7N3S. The maximum Gasteiger partial charge on any atom is 0.130 e. The molecule has 0 fully saturated rings. The third kappa shape index (κ3) is 0.894. The third-order valence-electron chi connectivity index (χ3n) is 0.796. The van der Waals surface area contributed by atoms with Crippen molar-refractivity contribution < 1.29 is 0 Å². The van der Waals surface area contributed by atoms with Gasteiger partial charge in [-0.15, -0.1) is 0 Å². The number of hydrogen-bond donors (Lipinski definition) is 3. The van der Waals surface area contributed by atoms with Crippen LogP contribution in [0.15, 0.2) is 23.0 Å². The van der Waals surface area contributed by atoms with Crippen LogP contribution in [-0.4, -0.2) is 0 Å². The molecule has 0 aliphatic carbocycles. The van der Waals surface area contributed by atoms with Gasteiger partial charge in [0, 0.05) is 0 Å². The molecule has 1 aliphatic heterocycles. The van der Waals surface area contributed by atoms with Crippen LogP contribution in [0, 0.1) is 0 Å². The zero-order chi connectivity index (χ0) is 5.98. The van der Waals surface area contributed by atoms with Gasteiger partial charge in [0.1, 0.15) is 5.82 Å². The van der Waals surface area contributed by atoms with E-state index in [0.717, 1.165) is 0 Å². The lowest BCUT2D eigenvalue weighted by Crippen LogP contribution is -2.20. The lowest BCUT2D eigenvalue weighted by molar-refractivity contribution is 1.09. The molecule has 0 aromatic heterocycles. The minimum Gasteiger partial charge on any atom is -0.396 e. The monoisotopic (exact) mass is 129 g/mol. The Morgan fingerprint density at radius 3 is 2.62 bits per heavy atom. The molecular weight excluding hydrogens is 122 g/mol. The van der Waals surface area contributed by atoms with Gasteiger partial charge in [-0.2, -0.15) is 0 Å². The van der Waals surface area contributed by atoms with E-state index in [0.29, 0.717) is 11.5 Å². The molecule has 5 N–H and O–H groups in total. The van der Waals surface area contributed by atoms with Crippen LogP contribution < -0.4 is 16.2 Å². The molecule has 0 amide bonds. The first-order valence-corrected chi connectivity index (χ1v) is 3.02. The van der Waals surface area contributed by atoms with E-state index in [1.165, 1.54) is 11.9 Å². The van der Waals surface area contributed by atoms with E-state index in [1.807, 2.05) is 5.41 Å². The molecule has 0 bridgehead atoms. The number of nitrogens with two attached hydrogens (primary N) is 2. The van der Waals surface area contributed by atoms with Crippen molar-refractivity contribution in [1.29, 1.82) is 0 Å². The second-order valence-corrected chi connectivity index (χ2v) is 2.10. The van der Waals surface area contributed by atoms with Crippen LogP contribution in [-0.2, 0) is 0 Å². The van der Waals surface area contributed by atoms with Crippen molar-refractivity contribution in [3.63, 3.8) is 0 Å². The molecule has 0 aromatic rings. The molecule has 0 atom stereocenters. The summed E-state index contributed by atoms with van der Waals surface area (Å²) in [4.78, 5) is 0. The summed E-state index contributed by atoms with van der Waals surface area (Å²) in [6.07, 6.45) is 1.76. The van der Waals surface area contributed by atoms with Gasteiger partial charge in [-0.3, -0.25) is 0 Å². The van der Waals surface area contributed by atoms with Crippen LogP contribution in [0.2, 0.25) is 0 Å². The fourth-order valence-corrected chi connectivity index (χ4v) is 0.881. The Bertz CT molecular complexity index is 149. The minimum absolute atomic E-state index is 0.539. The molecule has 0 aromatic carbocycles. The van der Waals surface area contributed by atoms with Gasteiger partial charge in [0.2, 0.25) is 0 Å². The molecule has 4 heteroatoms. The highest BCUT2D eigenvalue weighted by molar-refractivity contribution is 8.00. The number of hydrogen-bond acceptors (Lipinski definition) is 4. The van der Waals surface area contributed by atoms with Gasteiger partial charge in [-0.1, -0.05) is 0 Å². The van der Waals surface area contributed by atoms with Crippen molar-refractivity contribution in [3.05, 3.63) is 23.0 Å². The second kappa shape index (κ2) is 2.00. The summed E-state index contributed by atoms with van der Waals surface area (Å²) < 4.78 is 2.79. The molecule has 1 rings (SSSR count). The molecule has 0 spiro atoms. The van der Waals surface area contributed by atoms with Crippen LogP contribution in [0.5, 0.6) is 0 Å². The average molecular weight is 129 g/mol. The molecule has 0 saturated carbocycles. The second-order valence-electron chi connectivity index (χ2n) is 1.39. The third-order valence-corrected chi connectivity index (χ3v) is 1.41. The SMILES string of the molecule is NC1=C(N)NSC=C1. The van der Waals surface area contributed by atoms with Gasteiger partial charge in [0.15, 0.2) is 0 Å². The van der Waals surface area contributed by atoms with Crippen molar-refractivity contribution in [2.24, 2.45) is 11.5 Å². The summed E-state index contributed by atoms with van der Waals surface area (Å²) in [6.45, 7) is 0. The summed E-state index contributed by atoms with van der Waals surface area (Å²) in [5, 5.41) is 1.84. The number of allylic oxidation sites excluding steroid dienone is 1. The van der Waals surface area contributed by atoms with E-state index >= 15 is 0 Å². The van der Waals surface area contributed by atoms with E-state index in [1.54, 1.807) is 6.08 Å². The average Bonchev–Trinajstić information content (AvgIpc) is 1.77. The minimum atomic E-state index is 0.539. The predicted molar refractivity (Wildman–Crippen MR) is 35.3 cm³/mol. The normalized spacial score (nSPS) is 18.5. The molecule has 44 valence electrons. The Morgan fingerprint density at radius 1 is 1.50 bits per heavy atom. The van der Waals surface area contributed by atoms with Crippen LogP contribution in [0.1, 0.15) is 0 Å². The first kappa shape index (κ1) is 5.37. The van der Waals surface area contributed by atoms with E-state index < -0.39 is 0 Å². The summed E-state index contributed by atoms with van der Waals surface area (Å²) in [5.74, 6) is 0.539. The van der Waals surface area contributed by atoms with Gasteiger partial charge in [-0.05, 0) is 23.4 Å². The fourth-order valence-electron chi connectivity index (χ4n) is 0.354. The largest absolute Gasteiger partial charge is 0.396 e. The van der Waals surface area contributed by atoms with E-state index in [4.69, 9.17) is 11.5 Å². The quantitative estimate of drug-likeness (QED) is 0.398. The molecule has 1 aliphatic rings. The van der Waals surface area contributed by atoms with Crippen molar-refractivity contribution in [2.75, 3.05) is 0 Å². The molecule has 0 radical (unpaired) electrons. The molecule has 0 unspecified atom stereocenters. The van der Waals surface area contributed by atoms with E-state index in [9.17, 15) is 0 Å². The zero-order valence-electron chi connectivity index (χ0n) is 4.22.